The van der Waals surface area contributed by atoms with Gasteiger partial charge in [0.2, 0.25) is 0 Å². The van der Waals surface area contributed by atoms with Gasteiger partial charge >= 0.3 is 5.97 Å². The van der Waals surface area contributed by atoms with Crippen LogP contribution >= 0.6 is 11.8 Å². The highest BCUT2D eigenvalue weighted by Crippen LogP contribution is 2.12. The van der Waals surface area contributed by atoms with E-state index in [4.69, 9.17) is 21.1 Å². The van der Waals surface area contributed by atoms with Crippen molar-refractivity contribution in [3.05, 3.63) is 0 Å². The number of carboxylic acid groups (broad SMARTS) is 1. The number of nitrogens with two attached hydrogens (primary N) is 1. The Kier molecular flexibility index (Phi) is 6.10. The SMILES string of the molecule is CC(N)(CCSCC(O)CO)C(=O)O. The maximum absolute atomic E-state index is 10.6. The molecule has 0 aromatic carbocycles. The van der Waals surface area contributed by atoms with E-state index in [1.807, 2.05) is 0 Å². The molecule has 0 heterocycles. The summed E-state index contributed by atoms with van der Waals surface area (Å²) >= 11 is 1.38. The zero-order chi connectivity index (χ0) is 11.2. The van der Waals surface area contributed by atoms with Gasteiger partial charge < -0.3 is 21.1 Å². The summed E-state index contributed by atoms with van der Waals surface area (Å²) < 4.78 is 0. The Bertz CT molecular complexity index is 186. The number of hydrogen-bond acceptors (Lipinski definition) is 5. The van der Waals surface area contributed by atoms with Gasteiger partial charge in [-0.3, -0.25) is 4.79 Å². The van der Waals surface area contributed by atoms with Crippen LogP contribution in [0.15, 0.2) is 0 Å². The van der Waals surface area contributed by atoms with Crippen molar-refractivity contribution in [2.45, 2.75) is 25.0 Å². The maximum Gasteiger partial charge on any atom is 0.323 e. The number of aliphatic carboxylic acids is 1. The van der Waals surface area contributed by atoms with Crippen molar-refractivity contribution in [2.75, 3.05) is 18.1 Å². The molecule has 0 saturated carbocycles. The Morgan fingerprint density at radius 3 is 2.64 bits per heavy atom. The minimum atomic E-state index is -1.21. The van der Waals surface area contributed by atoms with E-state index in [9.17, 15) is 4.79 Å². The lowest BCUT2D eigenvalue weighted by Crippen LogP contribution is -2.45. The van der Waals surface area contributed by atoms with E-state index >= 15 is 0 Å². The summed E-state index contributed by atoms with van der Waals surface area (Å²) in [5, 5.41) is 26.2. The first-order valence-electron chi connectivity index (χ1n) is 4.29. The lowest BCUT2D eigenvalue weighted by molar-refractivity contribution is -0.142. The number of carbonyl (C=O) groups is 1. The van der Waals surface area contributed by atoms with Gasteiger partial charge in [-0.05, 0) is 19.1 Å². The minimum Gasteiger partial charge on any atom is -0.480 e. The van der Waals surface area contributed by atoms with Crippen LogP contribution in [0, 0.1) is 0 Å². The van der Waals surface area contributed by atoms with E-state index in [2.05, 4.69) is 0 Å². The van der Waals surface area contributed by atoms with Gasteiger partial charge in [0, 0.05) is 5.75 Å². The summed E-state index contributed by atoms with van der Waals surface area (Å²) in [6, 6.07) is 0. The highest BCUT2D eigenvalue weighted by atomic mass is 32.2. The molecule has 0 radical (unpaired) electrons. The molecule has 0 aliphatic rings. The number of hydrogen-bond donors (Lipinski definition) is 4. The molecule has 0 aromatic heterocycles. The van der Waals surface area contributed by atoms with E-state index in [0.717, 1.165) is 0 Å². The predicted octanol–water partition coefficient (Wildman–Crippen LogP) is -0.735. The van der Waals surface area contributed by atoms with Crippen LogP contribution in [0.1, 0.15) is 13.3 Å². The number of thioether (sulfide) groups is 1. The van der Waals surface area contributed by atoms with Crippen molar-refractivity contribution in [3.8, 4) is 0 Å². The molecule has 0 bridgehead atoms. The average Bonchev–Trinajstić information content (AvgIpc) is 2.11. The maximum atomic E-state index is 10.6. The molecule has 2 atom stereocenters. The third kappa shape index (κ3) is 5.43. The topological polar surface area (TPSA) is 104 Å². The van der Waals surface area contributed by atoms with Crippen LogP contribution in [0.3, 0.4) is 0 Å². The van der Waals surface area contributed by atoms with E-state index in [-0.39, 0.29) is 6.61 Å². The van der Waals surface area contributed by atoms with Gasteiger partial charge in [-0.1, -0.05) is 0 Å². The highest BCUT2D eigenvalue weighted by Gasteiger charge is 2.26. The molecule has 0 fully saturated rings. The summed E-state index contributed by atoms with van der Waals surface area (Å²) in [4.78, 5) is 10.6. The number of carboxylic acids is 1. The molecule has 0 aliphatic heterocycles. The van der Waals surface area contributed by atoms with Gasteiger partial charge in [-0.2, -0.15) is 11.8 Å². The van der Waals surface area contributed by atoms with E-state index < -0.39 is 17.6 Å². The molecule has 14 heavy (non-hydrogen) atoms. The number of rotatable bonds is 7. The molecule has 5 nitrogen and oxygen atoms in total. The molecule has 0 aliphatic carbocycles. The number of aliphatic hydroxyl groups excluding tert-OH is 2. The standard InChI is InChI=1S/C8H17NO4S/c1-8(9,7(12)13)2-3-14-5-6(11)4-10/h6,10-11H,2-5,9H2,1H3,(H,12,13). The first-order chi connectivity index (χ1) is 6.40. The van der Waals surface area contributed by atoms with Gasteiger partial charge in [-0.15, -0.1) is 0 Å². The third-order valence-corrected chi connectivity index (χ3v) is 2.89. The summed E-state index contributed by atoms with van der Waals surface area (Å²) in [5.74, 6) is -0.0800. The Morgan fingerprint density at radius 1 is 1.64 bits per heavy atom. The van der Waals surface area contributed by atoms with Gasteiger partial charge in [0.1, 0.15) is 5.54 Å². The largest absolute Gasteiger partial charge is 0.480 e. The van der Waals surface area contributed by atoms with Crippen molar-refractivity contribution in [2.24, 2.45) is 5.73 Å². The molecule has 84 valence electrons. The molecule has 0 spiro atoms. The van der Waals surface area contributed by atoms with Gasteiger partial charge in [0.15, 0.2) is 0 Å². The lowest BCUT2D eigenvalue weighted by atomic mass is 10.0. The Morgan fingerprint density at radius 2 is 2.21 bits per heavy atom. The molecule has 2 unspecified atom stereocenters. The summed E-state index contributed by atoms with van der Waals surface area (Å²) in [6.07, 6.45) is -0.403. The Labute approximate surface area is 87.3 Å². The van der Waals surface area contributed by atoms with Crippen molar-refractivity contribution in [1.82, 2.24) is 0 Å². The molecule has 6 heteroatoms. The van der Waals surface area contributed by atoms with Crippen molar-refractivity contribution in [1.29, 1.82) is 0 Å². The van der Waals surface area contributed by atoms with Crippen LogP contribution in [0.5, 0.6) is 0 Å². The Balaban J connectivity index is 3.59. The van der Waals surface area contributed by atoms with Gasteiger partial charge in [-0.25, -0.2) is 0 Å². The van der Waals surface area contributed by atoms with Crippen LogP contribution in [0.4, 0.5) is 0 Å². The molecular weight excluding hydrogens is 206 g/mol. The Hall–Kier alpha value is -0.300. The van der Waals surface area contributed by atoms with Crippen LogP contribution < -0.4 is 5.73 Å². The average molecular weight is 223 g/mol. The zero-order valence-corrected chi connectivity index (χ0v) is 8.96. The minimum absolute atomic E-state index is 0.272. The van der Waals surface area contributed by atoms with Crippen LogP contribution in [-0.2, 0) is 4.79 Å². The van der Waals surface area contributed by atoms with Gasteiger partial charge in [0.05, 0.1) is 12.7 Å². The first-order valence-corrected chi connectivity index (χ1v) is 5.44. The molecule has 0 rings (SSSR count). The first kappa shape index (κ1) is 13.7. The second-order valence-corrected chi connectivity index (χ2v) is 4.53. The third-order valence-electron chi connectivity index (χ3n) is 1.78. The van der Waals surface area contributed by atoms with Crippen LogP contribution in [0.25, 0.3) is 0 Å². The van der Waals surface area contributed by atoms with Crippen LogP contribution in [0.2, 0.25) is 0 Å². The van der Waals surface area contributed by atoms with E-state index in [1.165, 1.54) is 18.7 Å². The quantitative estimate of drug-likeness (QED) is 0.424. The molecular formula is C8H17NO4S. The van der Waals surface area contributed by atoms with Crippen molar-refractivity contribution in [3.63, 3.8) is 0 Å². The fourth-order valence-corrected chi connectivity index (χ4v) is 1.78. The molecule has 0 aromatic rings. The number of aliphatic hydroxyl groups is 2. The second-order valence-electron chi connectivity index (χ2n) is 3.38. The highest BCUT2D eigenvalue weighted by molar-refractivity contribution is 7.99. The monoisotopic (exact) mass is 223 g/mol. The summed E-state index contributed by atoms with van der Waals surface area (Å²) in [7, 11) is 0. The normalized spacial score (nSPS) is 17.4. The summed E-state index contributed by atoms with van der Waals surface area (Å²) in [5.41, 5.74) is 4.27. The predicted molar refractivity (Wildman–Crippen MR) is 55.3 cm³/mol. The molecule has 0 saturated heterocycles. The molecule has 5 N–H and O–H groups in total. The summed E-state index contributed by atoms with van der Waals surface area (Å²) in [6.45, 7) is 1.18. The van der Waals surface area contributed by atoms with Crippen molar-refractivity contribution < 1.29 is 20.1 Å². The van der Waals surface area contributed by atoms with Crippen molar-refractivity contribution >= 4 is 17.7 Å². The lowest BCUT2D eigenvalue weighted by Gasteiger charge is -2.18. The fourth-order valence-electron chi connectivity index (χ4n) is 0.663. The van der Waals surface area contributed by atoms with Gasteiger partial charge in [0.25, 0.3) is 0 Å². The van der Waals surface area contributed by atoms with E-state index in [0.29, 0.717) is 17.9 Å². The van der Waals surface area contributed by atoms with E-state index in [1.54, 1.807) is 0 Å². The van der Waals surface area contributed by atoms with Crippen LogP contribution in [-0.4, -0.2) is 51.0 Å². The second kappa shape index (κ2) is 6.23. The smallest absolute Gasteiger partial charge is 0.323 e. The fraction of sp³-hybridized carbons (Fsp3) is 0.875. The molecule has 0 amide bonds. The zero-order valence-electron chi connectivity index (χ0n) is 8.14.